The zero-order valence-electron chi connectivity index (χ0n) is 12.5. The molecule has 1 aromatic carbocycles. The van der Waals surface area contributed by atoms with Gasteiger partial charge in [-0.25, -0.2) is 0 Å². The van der Waals surface area contributed by atoms with Crippen molar-refractivity contribution in [1.82, 2.24) is 0 Å². The van der Waals surface area contributed by atoms with Crippen LogP contribution in [0.15, 0.2) is 18.2 Å². The van der Waals surface area contributed by atoms with Gasteiger partial charge >= 0.3 is 0 Å². The third-order valence-corrected chi connectivity index (χ3v) is 3.53. The number of ether oxygens (including phenoxy) is 2. The van der Waals surface area contributed by atoms with Crippen LogP contribution >= 0.6 is 0 Å². The Morgan fingerprint density at radius 3 is 2.71 bits per heavy atom. The second-order valence-electron chi connectivity index (χ2n) is 4.90. The average molecular weight is 292 g/mol. The maximum Gasteiger partial charge on any atom is 0.253 e. The highest BCUT2D eigenvalue weighted by Gasteiger charge is 2.24. The maximum absolute atomic E-state index is 11.8. The Bertz CT molecular complexity index is 544. The molecule has 6 heteroatoms. The number of methoxy groups -OCH3 is 2. The molecule has 2 rings (SSSR count). The minimum absolute atomic E-state index is 0.0955. The second kappa shape index (κ2) is 6.58. The Labute approximate surface area is 124 Å². The summed E-state index contributed by atoms with van der Waals surface area (Å²) in [6.45, 7) is 2.37. The van der Waals surface area contributed by atoms with Gasteiger partial charge < -0.3 is 19.7 Å². The van der Waals surface area contributed by atoms with Gasteiger partial charge in [0.25, 0.3) is 5.91 Å². The molecule has 1 aliphatic rings. The smallest absolute Gasteiger partial charge is 0.253 e. The summed E-state index contributed by atoms with van der Waals surface area (Å²) in [6, 6.07) is 5.25. The third kappa shape index (κ3) is 3.33. The average Bonchev–Trinajstić information content (AvgIpc) is 2.92. The van der Waals surface area contributed by atoms with Gasteiger partial charge in [0.2, 0.25) is 5.91 Å². The van der Waals surface area contributed by atoms with Crippen molar-refractivity contribution in [3.8, 4) is 5.75 Å². The van der Waals surface area contributed by atoms with E-state index >= 15 is 0 Å². The van der Waals surface area contributed by atoms with E-state index in [4.69, 9.17) is 9.47 Å². The largest absolute Gasteiger partial charge is 0.494 e. The predicted molar refractivity (Wildman–Crippen MR) is 79.7 cm³/mol. The highest BCUT2D eigenvalue weighted by Crippen LogP contribution is 2.33. The monoisotopic (exact) mass is 292 g/mol. The number of hydrogen-bond donors (Lipinski definition) is 1. The lowest BCUT2D eigenvalue weighted by Crippen LogP contribution is -2.27. The molecule has 1 saturated heterocycles. The van der Waals surface area contributed by atoms with Gasteiger partial charge in [-0.1, -0.05) is 0 Å². The van der Waals surface area contributed by atoms with E-state index in [1.165, 1.54) is 7.11 Å². The van der Waals surface area contributed by atoms with Crippen molar-refractivity contribution in [1.29, 1.82) is 0 Å². The van der Waals surface area contributed by atoms with Gasteiger partial charge in [-0.2, -0.15) is 0 Å². The number of rotatable bonds is 5. The first-order chi connectivity index (χ1) is 10.1. The molecule has 114 valence electrons. The van der Waals surface area contributed by atoms with Crippen LogP contribution in [0.3, 0.4) is 0 Å². The molecule has 6 nitrogen and oxygen atoms in total. The molecule has 1 unspecified atom stereocenters. The lowest BCUT2D eigenvalue weighted by molar-refractivity contribution is -0.124. The van der Waals surface area contributed by atoms with Crippen LogP contribution in [0, 0.1) is 0 Å². The number of nitrogens with zero attached hydrogens (tertiary/aromatic N) is 1. The summed E-state index contributed by atoms with van der Waals surface area (Å²) in [5.74, 6) is 0.427. The number of nitrogens with one attached hydrogen (secondary N) is 1. The number of anilines is 2. The zero-order valence-corrected chi connectivity index (χ0v) is 12.5. The van der Waals surface area contributed by atoms with Crippen LogP contribution in [-0.2, 0) is 14.3 Å². The maximum atomic E-state index is 11.8. The number of carbonyl (C=O) groups is 2. The van der Waals surface area contributed by atoms with Crippen molar-refractivity contribution in [2.75, 3.05) is 31.0 Å². The molecule has 1 aliphatic heterocycles. The number of benzene rings is 1. The van der Waals surface area contributed by atoms with Crippen LogP contribution in [0.5, 0.6) is 5.75 Å². The van der Waals surface area contributed by atoms with Crippen molar-refractivity contribution in [2.24, 2.45) is 0 Å². The molecule has 0 saturated carbocycles. The van der Waals surface area contributed by atoms with E-state index in [0.717, 1.165) is 12.1 Å². The number of carbonyl (C=O) groups excluding carboxylic acids is 2. The van der Waals surface area contributed by atoms with E-state index in [1.54, 1.807) is 37.1 Å². The van der Waals surface area contributed by atoms with E-state index in [0.29, 0.717) is 24.4 Å². The Morgan fingerprint density at radius 2 is 2.14 bits per heavy atom. The summed E-state index contributed by atoms with van der Waals surface area (Å²) in [5.41, 5.74) is 1.34. The van der Waals surface area contributed by atoms with Crippen LogP contribution in [0.1, 0.15) is 19.8 Å². The van der Waals surface area contributed by atoms with E-state index in [-0.39, 0.29) is 11.8 Å². The number of amides is 2. The Morgan fingerprint density at radius 1 is 1.38 bits per heavy atom. The highest BCUT2D eigenvalue weighted by molar-refractivity contribution is 5.98. The van der Waals surface area contributed by atoms with Crippen molar-refractivity contribution in [3.63, 3.8) is 0 Å². The molecule has 0 radical (unpaired) electrons. The molecule has 0 bridgehead atoms. The van der Waals surface area contributed by atoms with Crippen LogP contribution in [0.2, 0.25) is 0 Å². The lowest BCUT2D eigenvalue weighted by atomic mass is 10.2. The molecule has 0 aliphatic carbocycles. The summed E-state index contributed by atoms with van der Waals surface area (Å²) in [6.07, 6.45) is 0.884. The normalized spacial score (nSPS) is 16.0. The van der Waals surface area contributed by atoms with Crippen LogP contribution < -0.4 is 15.0 Å². The first-order valence-electron chi connectivity index (χ1n) is 6.89. The van der Waals surface area contributed by atoms with Gasteiger partial charge in [0.15, 0.2) is 0 Å². The molecule has 1 atom stereocenters. The summed E-state index contributed by atoms with van der Waals surface area (Å²) in [5, 5.41) is 2.75. The molecule has 2 amide bonds. The molecule has 1 fully saturated rings. The molecule has 1 aromatic rings. The Kier molecular flexibility index (Phi) is 4.80. The fourth-order valence-electron chi connectivity index (χ4n) is 2.23. The van der Waals surface area contributed by atoms with E-state index < -0.39 is 6.10 Å². The Balaban J connectivity index is 2.20. The molecule has 0 aromatic heterocycles. The van der Waals surface area contributed by atoms with E-state index in [1.807, 2.05) is 0 Å². The standard InChI is InChI=1S/C15H20N2O4/c1-10(20-2)15(19)16-11-6-7-12(13(9-11)21-3)17-8-4-5-14(17)18/h6-7,9-10H,4-5,8H2,1-3H3,(H,16,19). The zero-order chi connectivity index (χ0) is 15.4. The van der Waals surface area contributed by atoms with Crippen molar-refractivity contribution >= 4 is 23.2 Å². The van der Waals surface area contributed by atoms with Gasteiger partial charge in [0.05, 0.1) is 12.8 Å². The van der Waals surface area contributed by atoms with Crippen molar-refractivity contribution in [3.05, 3.63) is 18.2 Å². The minimum Gasteiger partial charge on any atom is -0.494 e. The fourth-order valence-corrected chi connectivity index (χ4v) is 2.23. The van der Waals surface area contributed by atoms with E-state index in [9.17, 15) is 9.59 Å². The second-order valence-corrected chi connectivity index (χ2v) is 4.90. The van der Waals surface area contributed by atoms with Gasteiger partial charge in [0.1, 0.15) is 11.9 Å². The quantitative estimate of drug-likeness (QED) is 0.898. The first kappa shape index (κ1) is 15.3. The first-order valence-corrected chi connectivity index (χ1v) is 6.89. The SMILES string of the molecule is COc1cc(NC(=O)C(C)OC)ccc1N1CCCC1=O. The molecule has 1 N–H and O–H groups in total. The molecule has 21 heavy (non-hydrogen) atoms. The van der Waals surface area contributed by atoms with Gasteiger partial charge in [-0.15, -0.1) is 0 Å². The number of hydrogen-bond acceptors (Lipinski definition) is 4. The fraction of sp³-hybridized carbons (Fsp3) is 0.467. The van der Waals surface area contributed by atoms with Crippen molar-refractivity contribution < 1.29 is 19.1 Å². The molecular weight excluding hydrogens is 272 g/mol. The Hall–Kier alpha value is -2.08. The van der Waals surface area contributed by atoms with Gasteiger partial charge in [-0.3, -0.25) is 9.59 Å². The lowest BCUT2D eigenvalue weighted by Gasteiger charge is -2.20. The van der Waals surface area contributed by atoms with E-state index in [2.05, 4.69) is 5.32 Å². The molecule has 1 heterocycles. The molecule has 0 spiro atoms. The molecular formula is C15H20N2O4. The van der Waals surface area contributed by atoms with Crippen LogP contribution in [0.25, 0.3) is 0 Å². The van der Waals surface area contributed by atoms with Crippen LogP contribution in [0.4, 0.5) is 11.4 Å². The van der Waals surface area contributed by atoms with Crippen LogP contribution in [-0.4, -0.2) is 38.7 Å². The summed E-state index contributed by atoms with van der Waals surface area (Å²) in [4.78, 5) is 25.3. The highest BCUT2D eigenvalue weighted by atomic mass is 16.5. The summed E-state index contributed by atoms with van der Waals surface area (Å²) in [7, 11) is 3.02. The third-order valence-electron chi connectivity index (χ3n) is 3.53. The van der Waals surface area contributed by atoms with Gasteiger partial charge in [0, 0.05) is 31.8 Å². The minimum atomic E-state index is -0.532. The van der Waals surface area contributed by atoms with Crippen molar-refractivity contribution in [2.45, 2.75) is 25.9 Å². The van der Waals surface area contributed by atoms with Gasteiger partial charge in [-0.05, 0) is 25.5 Å². The topological polar surface area (TPSA) is 67.9 Å². The summed E-state index contributed by atoms with van der Waals surface area (Å²) >= 11 is 0. The predicted octanol–water partition coefficient (Wildman–Crippen LogP) is 1.80. The summed E-state index contributed by atoms with van der Waals surface area (Å²) < 4.78 is 10.3.